The Balaban J connectivity index is 1.43. The number of carbonyl (C=O) groups is 2. The summed E-state index contributed by atoms with van der Waals surface area (Å²) < 4.78 is 88.4. The summed E-state index contributed by atoms with van der Waals surface area (Å²) in [6, 6.07) is 7.42. The third-order valence-electron chi connectivity index (χ3n) is 6.10. The third kappa shape index (κ3) is 4.79. The van der Waals surface area contributed by atoms with Crippen LogP contribution in [0.15, 0.2) is 42.5 Å². The average Bonchev–Trinajstić information content (AvgIpc) is 3.60. The fourth-order valence-electron chi connectivity index (χ4n) is 3.97. The van der Waals surface area contributed by atoms with Gasteiger partial charge in [0.15, 0.2) is 6.61 Å². The van der Waals surface area contributed by atoms with E-state index in [0.29, 0.717) is 0 Å². The molecule has 2 saturated heterocycles. The molecule has 35 heavy (non-hydrogen) atoms. The zero-order chi connectivity index (χ0) is 25.5. The molecule has 2 aromatic rings. The smallest absolute Gasteiger partial charge is 0.340 e. The molecule has 0 N–H and O–H groups in total. The molecule has 0 aliphatic carbocycles. The third-order valence-corrected chi connectivity index (χ3v) is 6.10. The summed E-state index contributed by atoms with van der Waals surface area (Å²) in [5.41, 5.74) is -0.845. The lowest BCUT2D eigenvalue weighted by molar-refractivity contribution is -0.148. The van der Waals surface area contributed by atoms with Crippen molar-refractivity contribution in [2.75, 3.05) is 31.2 Å². The fraction of sp³-hybridized carbons (Fsp3) is 0.391. The van der Waals surface area contributed by atoms with E-state index in [4.69, 9.17) is 9.47 Å². The molecular formula is C23H20F6N2O4. The first-order valence-electron chi connectivity index (χ1n) is 10.5. The fourth-order valence-corrected chi connectivity index (χ4v) is 3.97. The Kier molecular flexibility index (Phi) is 6.43. The van der Waals surface area contributed by atoms with E-state index < -0.39 is 54.0 Å². The van der Waals surface area contributed by atoms with Gasteiger partial charge < -0.3 is 19.3 Å². The molecule has 0 unspecified atom stereocenters. The van der Waals surface area contributed by atoms with Gasteiger partial charge >= 0.3 is 12.3 Å². The molecular weight excluding hydrogens is 482 g/mol. The predicted molar refractivity (Wildman–Crippen MR) is 110 cm³/mol. The first kappa shape index (κ1) is 24.8. The van der Waals surface area contributed by atoms with Gasteiger partial charge in [0, 0.05) is 17.3 Å². The van der Waals surface area contributed by atoms with E-state index in [9.17, 15) is 35.9 Å². The average molecular weight is 502 g/mol. The van der Waals surface area contributed by atoms with Crippen LogP contribution in [0.25, 0.3) is 0 Å². The van der Waals surface area contributed by atoms with Crippen molar-refractivity contribution in [1.29, 1.82) is 0 Å². The van der Waals surface area contributed by atoms with E-state index in [2.05, 4.69) is 0 Å². The van der Waals surface area contributed by atoms with Crippen LogP contribution in [0.2, 0.25) is 0 Å². The molecule has 2 aliphatic rings. The van der Waals surface area contributed by atoms with Gasteiger partial charge in [-0.1, -0.05) is 6.07 Å². The van der Waals surface area contributed by atoms with Crippen LogP contribution in [0.4, 0.5) is 32.0 Å². The number of nitrogens with zero attached hydrogens (tertiary/aromatic N) is 2. The quantitative estimate of drug-likeness (QED) is 0.408. The highest BCUT2D eigenvalue weighted by Crippen LogP contribution is 2.45. The molecule has 12 heteroatoms. The van der Waals surface area contributed by atoms with Gasteiger partial charge in [-0.3, -0.25) is 9.59 Å². The molecule has 2 aliphatic heterocycles. The maximum Gasteiger partial charge on any atom is 0.340 e. The highest BCUT2D eigenvalue weighted by molar-refractivity contribution is 6.04. The highest BCUT2D eigenvalue weighted by Gasteiger charge is 2.56. The monoisotopic (exact) mass is 502 g/mol. The van der Waals surface area contributed by atoms with E-state index in [1.54, 1.807) is 6.92 Å². The SMILES string of the molecule is C[C@@H](N1CC(=O)N(c2ccc(OCC(F)(F)C(F)F)cc2)CC1=O)[C@@]1(c2ccc(F)cc2F)CO1. The van der Waals surface area contributed by atoms with Crippen LogP contribution < -0.4 is 9.64 Å². The van der Waals surface area contributed by atoms with Crippen molar-refractivity contribution in [2.24, 2.45) is 0 Å². The second-order valence-electron chi connectivity index (χ2n) is 8.32. The van der Waals surface area contributed by atoms with Gasteiger partial charge in [-0.05, 0) is 37.3 Å². The summed E-state index contributed by atoms with van der Waals surface area (Å²) in [5.74, 6) is -6.92. The Labute approximate surface area is 196 Å². The molecule has 0 aromatic heterocycles. The highest BCUT2D eigenvalue weighted by atomic mass is 19.3. The lowest BCUT2D eigenvalue weighted by atomic mass is 9.90. The van der Waals surface area contributed by atoms with Gasteiger partial charge in [0.25, 0.3) is 0 Å². The van der Waals surface area contributed by atoms with Crippen molar-refractivity contribution in [3.05, 3.63) is 59.7 Å². The number of rotatable bonds is 8. The van der Waals surface area contributed by atoms with Gasteiger partial charge in [0.05, 0.1) is 12.6 Å². The molecule has 2 heterocycles. The number of ether oxygens (including phenoxy) is 2. The van der Waals surface area contributed by atoms with Crippen LogP contribution in [-0.2, 0) is 19.9 Å². The summed E-state index contributed by atoms with van der Waals surface area (Å²) in [5, 5.41) is 0. The first-order chi connectivity index (χ1) is 16.4. The minimum atomic E-state index is -4.31. The molecule has 0 spiro atoms. The van der Waals surface area contributed by atoms with Crippen molar-refractivity contribution in [3.8, 4) is 5.75 Å². The van der Waals surface area contributed by atoms with Crippen molar-refractivity contribution >= 4 is 17.5 Å². The number of alkyl halides is 4. The number of epoxide rings is 1. The molecule has 6 nitrogen and oxygen atoms in total. The van der Waals surface area contributed by atoms with Gasteiger partial charge in [-0.25, -0.2) is 17.6 Å². The minimum Gasteiger partial charge on any atom is -0.487 e. The maximum atomic E-state index is 14.4. The molecule has 2 fully saturated rings. The largest absolute Gasteiger partial charge is 0.487 e. The summed E-state index contributed by atoms with van der Waals surface area (Å²) in [7, 11) is 0. The van der Waals surface area contributed by atoms with Gasteiger partial charge in [0.1, 0.15) is 36.1 Å². The molecule has 0 radical (unpaired) electrons. The van der Waals surface area contributed by atoms with Crippen LogP contribution >= 0.6 is 0 Å². The molecule has 2 amide bonds. The Morgan fingerprint density at radius 2 is 1.71 bits per heavy atom. The van der Waals surface area contributed by atoms with Gasteiger partial charge in [-0.15, -0.1) is 0 Å². The second-order valence-corrected chi connectivity index (χ2v) is 8.32. The van der Waals surface area contributed by atoms with Crippen LogP contribution in [0, 0.1) is 11.6 Å². The van der Waals surface area contributed by atoms with E-state index >= 15 is 0 Å². The number of benzene rings is 2. The molecule has 2 aromatic carbocycles. The van der Waals surface area contributed by atoms with E-state index in [0.717, 1.165) is 12.1 Å². The van der Waals surface area contributed by atoms with Crippen molar-refractivity contribution in [3.63, 3.8) is 0 Å². The zero-order valence-corrected chi connectivity index (χ0v) is 18.3. The number of carbonyl (C=O) groups excluding carboxylic acids is 2. The van der Waals surface area contributed by atoms with Crippen LogP contribution in [0.1, 0.15) is 12.5 Å². The topological polar surface area (TPSA) is 62.4 Å². The van der Waals surface area contributed by atoms with Gasteiger partial charge in [-0.2, -0.15) is 8.78 Å². The van der Waals surface area contributed by atoms with Crippen LogP contribution in [0.3, 0.4) is 0 Å². The van der Waals surface area contributed by atoms with Gasteiger partial charge in [0.2, 0.25) is 11.8 Å². The van der Waals surface area contributed by atoms with Crippen LogP contribution in [0.5, 0.6) is 5.75 Å². The van der Waals surface area contributed by atoms with E-state index in [1.807, 2.05) is 0 Å². The van der Waals surface area contributed by atoms with E-state index in [1.165, 1.54) is 40.1 Å². The minimum absolute atomic E-state index is 0.0853. The number of hydrogen-bond acceptors (Lipinski definition) is 4. The van der Waals surface area contributed by atoms with Crippen molar-refractivity contribution in [2.45, 2.75) is 30.9 Å². The number of anilines is 1. The number of halogens is 6. The molecule has 0 saturated carbocycles. The maximum absolute atomic E-state index is 14.4. The molecule has 0 bridgehead atoms. The lowest BCUT2D eigenvalue weighted by Crippen LogP contribution is -2.59. The Bertz CT molecular complexity index is 1120. The van der Waals surface area contributed by atoms with Crippen molar-refractivity contribution < 1.29 is 45.4 Å². The number of amides is 2. The predicted octanol–water partition coefficient (Wildman–Crippen LogP) is 3.73. The Hall–Kier alpha value is -3.28. The zero-order valence-electron chi connectivity index (χ0n) is 18.3. The molecule has 4 rings (SSSR count). The summed E-state index contributed by atoms with van der Waals surface area (Å²) in [4.78, 5) is 28.1. The molecule has 2 atom stereocenters. The van der Waals surface area contributed by atoms with Crippen molar-refractivity contribution in [1.82, 2.24) is 4.90 Å². The summed E-state index contributed by atoms with van der Waals surface area (Å²) in [6.07, 6.45) is -3.87. The lowest BCUT2D eigenvalue weighted by Gasteiger charge is -2.39. The normalized spacial score (nSPS) is 21.5. The number of piperazine rings is 1. The first-order valence-corrected chi connectivity index (χ1v) is 10.5. The van der Waals surface area contributed by atoms with Crippen LogP contribution in [-0.4, -0.2) is 61.4 Å². The summed E-state index contributed by atoms with van der Waals surface area (Å²) in [6.45, 7) is -0.513. The van der Waals surface area contributed by atoms with E-state index in [-0.39, 0.29) is 36.7 Å². The standard InChI is InChI=1S/C23H20F6N2O4/c1-13(22(11-35-22)17-7-2-14(24)8-18(17)25)30-9-20(33)31(10-19(30)32)15-3-5-16(6-4-15)34-12-23(28,29)21(26)27/h2-8,13,21H,9-12H2,1H3/t13-,22-/m1/s1. The summed E-state index contributed by atoms with van der Waals surface area (Å²) >= 11 is 0. The molecule has 188 valence electrons. The second kappa shape index (κ2) is 9.06. The number of hydrogen-bond donors (Lipinski definition) is 0. The Morgan fingerprint density at radius 1 is 1.06 bits per heavy atom. The Morgan fingerprint density at radius 3 is 2.29 bits per heavy atom.